The van der Waals surface area contributed by atoms with Crippen LogP contribution in [-0.4, -0.2) is 29.1 Å². The highest BCUT2D eigenvalue weighted by atomic mass is 32.1. The van der Waals surface area contributed by atoms with Gasteiger partial charge in [0.2, 0.25) is 0 Å². The molecule has 0 unspecified atom stereocenters. The second kappa shape index (κ2) is 5.79. The Morgan fingerprint density at radius 1 is 1.29 bits per heavy atom. The number of rotatable bonds is 3. The molecule has 0 N–H and O–H groups in total. The highest BCUT2D eigenvalue weighted by molar-refractivity contribution is 7.78. The van der Waals surface area contributed by atoms with E-state index < -0.39 is 24.2 Å². The van der Waals surface area contributed by atoms with Gasteiger partial charge in [-0.2, -0.15) is 18.2 Å². The molecule has 0 aliphatic carbocycles. The molecule has 21 heavy (non-hydrogen) atoms. The number of hydrogen-bond donors (Lipinski definition) is 0. The van der Waals surface area contributed by atoms with Gasteiger partial charge in [0.05, 0.1) is 23.0 Å². The maximum atomic E-state index is 13.1. The van der Waals surface area contributed by atoms with Gasteiger partial charge in [0, 0.05) is 19.5 Å². The van der Waals surface area contributed by atoms with Crippen molar-refractivity contribution in [2.45, 2.75) is 25.1 Å². The fraction of sp³-hybridized carbons (Fsp3) is 0.462. The number of thiocarbonyl (C=S) groups is 1. The number of alkyl halides is 5. The van der Waals surface area contributed by atoms with E-state index in [9.17, 15) is 22.0 Å². The molecule has 1 aliphatic heterocycles. The van der Waals surface area contributed by atoms with Crippen LogP contribution in [0.1, 0.15) is 17.5 Å². The molecule has 1 aromatic rings. The lowest BCUT2D eigenvalue weighted by atomic mass is 10.1. The van der Waals surface area contributed by atoms with E-state index in [-0.39, 0.29) is 30.8 Å². The van der Waals surface area contributed by atoms with Crippen LogP contribution in [0.5, 0.6) is 0 Å². The Morgan fingerprint density at radius 2 is 2.00 bits per heavy atom. The van der Waals surface area contributed by atoms with Crippen LogP contribution in [0.2, 0.25) is 0 Å². The predicted molar refractivity (Wildman–Crippen MR) is 71.0 cm³/mol. The summed E-state index contributed by atoms with van der Waals surface area (Å²) in [7, 11) is 0. The van der Waals surface area contributed by atoms with E-state index in [1.54, 1.807) is 0 Å². The summed E-state index contributed by atoms with van der Waals surface area (Å²) in [5.41, 5.74) is -0.595. The first kappa shape index (κ1) is 16.0. The Kier molecular flexibility index (Phi) is 4.41. The van der Waals surface area contributed by atoms with Crippen LogP contribution in [0, 0.1) is 0 Å². The summed E-state index contributed by atoms with van der Waals surface area (Å²) >= 11 is 4.38. The molecule has 1 heterocycles. The van der Waals surface area contributed by atoms with Gasteiger partial charge in [-0.15, -0.1) is 0 Å². The van der Waals surface area contributed by atoms with Crippen molar-refractivity contribution in [2.24, 2.45) is 4.99 Å². The van der Waals surface area contributed by atoms with E-state index in [0.717, 1.165) is 12.1 Å². The van der Waals surface area contributed by atoms with Crippen molar-refractivity contribution in [3.05, 3.63) is 29.3 Å². The van der Waals surface area contributed by atoms with Crippen LogP contribution in [0.15, 0.2) is 23.2 Å². The Morgan fingerprint density at radius 3 is 2.52 bits per heavy atom. The molecule has 1 aromatic carbocycles. The van der Waals surface area contributed by atoms with Crippen molar-refractivity contribution < 1.29 is 22.0 Å². The van der Waals surface area contributed by atoms with Gasteiger partial charge in [0.1, 0.15) is 0 Å². The van der Waals surface area contributed by atoms with E-state index in [4.69, 9.17) is 0 Å². The van der Waals surface area contributed by atoms with Gasteiger partial charge >= 0.3 is 6.18 Å². The largest absolute Gasteiger partial charge is 0.416 e. The van der Waals surface area contributed by atoms with Gasteiger partial charge in [0.15, 0.2) is 0 Å². The predicted octanol–water partition coefficient (Wildman–Crippen LogP) is 4.28. The van der Waals surface area contributed by atoms with Crippen molar-refractivity contribution in [3.63, 3.8) is 0 Å². The van der Waals surface area contributed by atoms with Gasteiger partial charge in [-0.3, -0.25) is 4.90 Å². The lowest BCUT2D eigenvalue weighted by Gasteiger charge is -2.17. The second-order valence-corrected chi connectivity index (χ2v) is 5.09. The summed E-state index contributed by atoms with van der Waals surface area (Å²) in [6.07, 6.45) is -4.81. The molecule has 8 heteroatoms. The third kappa shape index (κ3) is 4.30. The van der Waals surface area contributed by atoms with E-state index in [0.29, 0.717) is 0 Å². The van der Waals surface area contributed by atoms with Gasteiger partial charge in [-0.25, -0.2) is 8.78 Å². The maximum absolute atomic E-state index is 13.1. The average Bonchev–Trinajstić information content (AvgIpc) is 2.67. The zero-order chi connectivity index (χ0) is 15.7. The molecular formula is C13H11F5N2S. The van der Waals surface area contributed by atoms with Crippen molar-refractivity contribution in [1.82, 2.24) is 4.90 Å². The number of hydrogen-bond acceptors (Lipinski definition) is 3. The van der Waals surface area contributed by atoms with Crippen LogP contribution in [0.25, 0.3) is 0 Å². The summed E-state index contributed by atoms with van der Waals surface area (Å²) in [5, 5.41) is 2.00. The van der Waals surface area contributed by atoms with Crippen LogP contribution < -0.4 is 0 Å². The third-order valence-corrected chi connectivity index (χ3v) is 3.23. The molecule has 114 valence electrons. The molecule has 1 aliphatic rings. The molecule has 0 radical (unpaired) electrons. The number of aliphatic imine (C=N–C) groups is 1. The minimum atomic E-state index is -4.53. The van der Waals surface area contributed by atoms with E-state index >= 15 is 0 Å². The van der Waals surface area contributed by atoms with Gasteiger partial charge < -0.3 is 0 Å². The molecule has 0 spiro atoms. The molecule has 0 atom stereocenters. The first-order valence-corrected chi connectivity index (χ1v) is 6.50. The fourth-order valence-corrected chi connectivity index (χ4v) is 2.35. The molecule has 0 amide bonds. The molecule has 0 aromatic heterocycles. The molecule has 0 saturated carbocycles. The number of benzene rings is 1. The molecule has 1 fully saturated rings. The highest BCUT2D eigenvalue weighted by Crippen LogP contribution is 2.34. The number of isothiocyanates is 1. The first-order valence-electron chi connectivity index (χ1n) is 6.09. The van der Waals surface area contributed by atoms with Crippen LogP contribution in [0.4, 0.5) is 27.6 Å². The Bertz CT molecular complexity index is 578. The number of nitrogens with zero attached hydrogens (tertiary/aromatic N) is 2. The zero-order valence-electron chi connectivity index (χ0n) is 10.8. The minimum absolute atomic E-state index is 0.0134. The summed E-state index contributed by atoms with van der Waals surface area (Å²) < 4.78 is 64.6. The van der Waals surface area contributed by atoms with Crippen molar-refractivity contribution >= 4 is 23.1 Å². The smallest absolute Gasteiger partial charge is 0.293 e. The Labute approximate surface area is 123 Å². The first-order chi connectivity index (χ1) is 9.69. The monoisotopic (exact) mass is 322 g/mol. The average molecular weight is 322 g/mol. The van der Waals surface area contributed by atoms with Crippen LogP contribution in [0.3, 0.4) is 0 Å². The third-order valence-electron chi connectivity index (χ3n) is 3.13. The van der Waals surface area contributed by atoms with Crippen molar-refractivity contribution in [2.75, 3.05) is 13.1 Å². The zero-order valence-corrected chi connectivity index (χ0v) is 11.6. The minimum Gasteiger partial charge on any atom is -0.293 e. The fourth-order valence-electron chi connectivity index (χ4n) is 2.25. The lowest BCUT2D eigenvalue weighted by molar-refractivity contribution is -0.137. The quantitative estimate of drug-likeness (QED) is 0.469. The van der Waals surface area contributed by atoms with E-state index in [1.807, 2.05) is 5.16 Å². The Hall–Kier alpha value is -1.37. The number of halogens is 5. The van der Waals surface area contributed by atoms with Crippen molar-refractivity contribution in [1.29, 1.82) is 0 Å². The summed E-state index contributed by atoms with van der Waals surface area (Å²) in [5.74, 6) is -2.78. The van der Waals surface area contributed by atoms with Crippen molar-refractivity contribution in [3.8, 4) is 0 Å². The molecule has 2 rings (SSSR count). The lowest BCUT2D eigenvalue weighted by Crippen LogP contribution is -2.25. The molecular weight excluding hydrogens is 311 g/mol. The summed E-state index contributed by atoms with van der Waals surface area (Å²) in [4.78, 5) is 4.96. The maximum Gasteiger partial charge on any atom is 0.416 e. The molecule has 1 saturated heterocycles. The molecule has 0 bridgehead atoms. The highest BCUT2D eigenvalue weighted by Gasteiger charge is 2.38. The summed E-state index contributed by atoms with van der Waals surface area (Å²) in [6, 6.07) is 3.19. The van der Waals surface area contributed by atoms with E-state index in [1.165, 1.54) is 11.0 Å². The standard InChI is InChI=1S/C13H11F5N2S/c14-12(15)1-2-20(7-12)6-9-3-10(13(16,17)18)5-11(4-9)19-8-21/h3-5H,1-2,6-7H2. The Balaban J connectivity index is 2.26. The SMILES string of the molecule is FC1(F)CCN(Cc2cc(N=C=S)cc(C(F)(F)F)c2)C1. The van der Waals surface area contributed by atoms with Gasteiger partial charge in [-0.05, 0) is 36.0 Å². The summed E-state index contributed by atoms with van der Waals surface area (Å²) in [6.45, 7) is -0.288. The molecule has 2 nitrogen and oxygen atoms in total. The number of likely N-dealkylation sites (tertiary alicyclic amines) is 1. The second-order valence-electron chi connectivity index (χ2n) is 4.91. The van der Waals surface area contributed by atoms with Gasteiger partial charge in [-0.1, -0.05) is 0 Å². The van der Waals surface area contributed by atoms with E-state index in [2.05, 4.69) is 17.2 Å². The topological polar surface area (TPSA) is 15.6 Å². The normalized spacial score (nSPS) is 18.5. The van der Waals surface area contributed by atoms with Crippen LogP contribution in [-0.2, 0) is 12.7 Å². The van der Waals surface area contributed by atoms with Crippen LogP contribution >= 0.6 is 12.2 Å². The van der Waals surface area contributed by atoms with Gasteiger partial charge in [0.25, 0.3) is 5.92 Å².